The van der Waals surface area contributed by atoms with Gasteiger partial charge in [0.2, 0.25) is 10.0 Å². The van der Waals surface area contributed by atoms with E-state index in [0.29, 0.717) is 0 Å². The SMILES string of the molecule is Cc1ccc(S(=O)(=O)N(CC(=O)N/N=C\c2cccs2)Cc2cccc(C)c2)cc1. The lowest BCUT2D eigenvalue weighted by Crippen LogP contribution is -2.39. The van der Waals surface area contributed by atoms with Crippen LogP contribution in [-0.2, 0) is 21.4 Å². The molecule has 0 aliphatic carbocycles. The Hall–Kier alpha value is -2.81. The van der Waals surface area contributed by atoms with E-state index in [-0.39, 0.29) is 18.0 Å². The first-order chi connectivity index (χ1) is 14.3. The number of benzene rings is 2. The molecular formula is C22H23N3O3S2. The highest BCUT2D eigenvalue weighted by molar-refractivity contribution is 7.89. The topological polar surface area (TPSA) is 78.8 Å². The van der Waals surface area contributed by atoms with E-state index in [0.717, 1.165) is 21.6 Å². The van der Waals surface area contributed by atoms with Crippen LogP contribution >= 0.6 is 11.3 Å². The zero-order valence-electron chi connectivity index (χ0n) is 16.8. The van der Waals surface area contributed by atoms with Crippen molar-refractivity contribution < 1.29 is 13.2 Å². The maximum Gasteiger partial charge on any atom is 0.255 e. The predicted octanol–water partition coefficient (Wildman–Crippen LogP) is 3.71. The lowest BCUT2D eigenvalue weighted by atomic mass is 10.1. The van der Waals surface area contributed by atoms with E-state index >= 15 is 0 Å². The lowest BCUT2D eigenvalue weighted by Gasteiger charge is -2.22. The van der Waals surface area contributed by atoms with Gasteiger partial charge < -0.3 is 0 Å². The van der Waals surface area contributed by atoms with Crippen molar-refractivity contribution in [2.75, 3.05) is 6.54 Å². The Morgan fingerprint density at radius 3 is 2.50 bits per heavy atom. The normalized spacial score (nSPS) is 11.8. The molecule has 3 aromatic rings. The highest BCUT2D eigenvalue weighted by atomic mass is 32.2. The van der Waals surface area contributed by atoms with Crippen LogP contribution in [0.3, 0.4) is 0 Å². The molecule has 0 aliphatic heterocycles. The van der Waals surface area contributed by atoms with E-state index in [1.165, 1.54) is 21.9 Å². The molecule has 30 heavy (non-hydrogen) atoms. The fourth-order valence-corrected chi connectivity index (χ4v) is 4.80. The van der Waals surface area contributed by atoms with Crippen molar-refractivity contribution in [3.63, 3.8) is 0 Å². The van der Waals surface area contributed by atoms with Gasteiger partial charge in [0.25, 0.3) is 5.91 Å². The second-order valence-electron chi connectivity index (χ2n) is 6.88. The van der Waals surface area contributed by atoms with Gasteiger partial charge in [0, 0.05) is 11.4 Å². The molecule has 8 heteroatoms. The Morgan fingerprint density at radius 1 is 1.07 bits per heavy atom. The minimum absolute atomic E-state index is 0.0833. The number of thiophene rings is 1. The molecule has 0 fully saturated rings. The van der Waals surface area contributed by atoms with Gasteiger partial charge in [0.15, 0.2) is 0 Å². The van der Waals surface area contributed by atoms with Crippen LogP contribution < -0.4 is 5.43 Å². The lowest BCUT2D eigenvalue weighted by molar-refractivity contribution is -0.121. The van der Waals surface area contributed by atoms with E-state index in [2.05, 4.69) is 10.5 Å². The van der Waals surface area contributed by atoms with Crippen molar-refractivity contribution in [3.8, 4) is 0 Å². The number of hydrogen-bond donors (Lipinski definition) is 1. The van der Waals surface area contributed by atoms with Gasteiger partial charge in [-0.2, -0.15) is 9.41 Å². The van der Waals surface area contributed by atoms with E-state index < -0.39 is 15.9 Å². The molecule has 0 saturated carbocycles. The van der Waals surface area contributed by atoms with Crippen molar-refractivity contribution >= 4 is 33.5 Å². The predicted molar refractivity (Wildman–Crippen MR) is 120 cm³/mol. The maximum absolute atomic E-state index is 13.2. The average molecular weight is 442 g/mol. The zero-order valence-corrected chi connectivity index (χ0v) is 18.4. The third-order valence-corrected chi connectivity index (χ3v) is 6.96. The molecule has 6 nitrogen and oxygen atoms in total. The summed E-state index contributed by atoms with van der Waals surface area (Å²) in [6.07, 6.45) is 1.53. The van der Waals surface area contributed by atoms with Gasteiger partial charge in [0.05, 0.1) is 17.7 Å². The summed E-state index contributed by atoms with van der Waals surface area (Å²) in [6, 6.07) is 17.9. The Labute approximate surface area is 180 Å². The number of rotatable bonds is 8. The van der Waals surface area contributed by atoms with E-state index in [4.69, 9.17) is 0 Å². The highest BCUT2D eigenvalue weighted by Gasteiger charge is 2.27. The van der Waals surface area contributed by atoms with Crippen LogP contribution in [0, 0.1) is 13.8 Å². The Bertz CT molecular complexity index is 1120. The Balaban J connectivity index is 1.81. The molecule has 1 aromatic heterocycles. The summed E-state index contributed by atoms with van der Waals surface area (Å²) < 4.78 is 27.6. The summed E-state index contributed by atoms with van der Waals surface area (Å²) in [4.78, 5) is 13.5. The maximum atomic E-state index is 13.2. The molecular weight excluding hydrogens is 418 g/mol. The van der Waals surface area contributed by atoms with Crippen molar-refractivity contribution in [2.45, 2.75) is 25.3 Å². The zero-order chi connectivity index (χ0) is 21.6. The van der Waals surface area contributed by atoms with Crippen molar-refractivity contribution in [3.05, 3.63) is 87.6 Å². The summed E-state index contributed by atoms with van der Waals surface area (Å²) in [5.74, 6) is -0.508. The number of sulfonamides is 1. The monoisotopic (exact) mass is 441 g/mol. The molecule has 0 unspecified atom stereocenters. The summed E-state index contributed by atoms with van der Waals surface area (Å²) >= 11 is 1.49. The summed E-state index contributed by atoms with van der Waals surface area (Å²) in [6.45, 7) is 3.57. The molecule has 156 valence electrons. The minimum Gasteiger partial charge on any atom is -0.272 e. The summed E-state index contributed by atoms with van der Waals surface area (Å²) in [5.41, 5.74) is 5.20. The molecule has 0 aliphatic rings. The number of carbonyl (C=O) groups excluding carboxylic acids is 1. The van der Waals surface area contributed by atoms with Crippen LogP contribution in [0.4, 0.5) is 0 Å². The quantitative estimate of drug-likeness (QED) is 0.428. The van der Waals surface area contributed by atoms with Gasteiger partial charge in [-0.1, -0.05) is 53.6 Å². The van der Waals surface area contributed by atoms with Crippen molar-refractivity contribution in [1.82, 2.24) is 9.73 Å². The van der Waals surface area contributed by atoms with Crippen LogP contribution in [0.5, 0.6) is 0 Å². The van der Waals surface area contributed by atoms with Gasteiger partial charge in [-0.15, -0.1) is 11.3 Å². The van der Waals surface area contributed by atoms with Gasteiger partial charge in [-0.25, -0.2) is 13.8 Å². The number of carbonyl (C=O) groups is 1. The fraction of sp³-hybridized carbons (Fsp3) is 0.182. The molecule has 0 spiro atoms. The fourth-order valence-electron chi connectivity index (χ4n) is 2.83. The molecule has 3 rings (SSSR count). The minimum atomic E-state index is -3.87. The van der Waals surface area contributed by atoms with Gasteiger partial charge >= 0.3 is 0 Å². The average Bonchev–Trinajstić information content (AvgIpc) is 3.21. The number of nitrogens with one attached hydrogen (secondary N) is 1. The van der Waals surface area contributed by atoms with Gasteiger partial charge in [0.1, 0.15) is 0 Å². The van der Waals surface area contributed by atoms with Crippen LogP contribution in [0.25, 0.3) is 0 Å². The van der Waals surface area contributed by atoms with Gasteiger partial charge in [-0.3, -0.25) is 4.79 Å². The van der Waals surface area contributed by atoms with E-state index in [1.54, 1.807) is 24.3 Å². The number of nitrogens with zero attached hydrogens (tertiary/aromatic N) is 2. The molecule has 2 aromatic carbocycles. The molecule has 0 bridgehead atoms. The second-order valence-corrected chi connectivity index (χ2v) is 9.80. The van der Waals surface area contributed by atoms with Crippen LogP contribution in [0.2, 0.25) is 0 Å². The third kappa shape index (κ3) is 5.85. The molecule has 0 radical (unpaired) electrons. The first-order valence-electron chi connectivity index (χ1n) is 9.32. The number of amides is 1. The summed E-state index contributed by atoms with van der Waals surface area (Å²) in [5, 5.41) is 5.82. The smallest absolute Gasteiger partial charge is 0.255 e. The van der Waals surface area contributed by atoms with E-state index in [9.17, 15) is 13.2 Å². The number of hydrogen-bond acceptors (Lipinski definition) is 5. The first-order valence-corrected chi connectivity index (χ1v) is 11.6. The molecule has 1 N–H and O–H groups in total. The van der Waals surface area contributed by atoms with Crippen LogP contribution in [0.1, 0.15) is 21.6 Å². The van der Waals surface area contributed by atoms with Crippen LogP contribution in [-0.4, -0.2) is 31.4 Å². The van der Waals surface area contributed by atoms with E-state index in [1.807, 2.05) is 55.6 Å². The standard InChI is InChI=1S/C22H23N3O3S2/c1-17-8-10-21(11-9-17)30(27,28)25(15-19-6-3-5-18(2)13-19)16-22(26)24-23-14-20-7-4-12-29-20/h3-14H,15-16H2,1-2H3,(H,24,26)/b23-14-. The van der Waals surface area contributed by atoms with Gasteiger partial charge in [-0.05, 0) is 43.0 Å². The third-order valence-electron chi connectivity index (χ3n) is 4.34. The molecule has 0 saturated heterocycles. The summed E-state index contributed by atoms with van der Waals surface area (Å²) in [7, 11) is -3.87. The first kappa shape index (κ1) is 21.9. The van der Waals surface area contributed by atoms with Crippen molar-refractivity contribution in [2.24, 2.45) is 5.10 Å². The number of hydrazone groups is 1. The highest BCUT2D eigenvalue weighted by Crippen LogP contribution is 2.19. The van der Waals surface area contributed by atoms with Crippen LogP contribution in [0.15, 0.2) is 76.0 Å². The second kappa shape index (κ2) is 9.80. The molecule has 1 amide bonds. The molecule has 0 atom stereocenters. The van der Waals surface area contributed by atoms with Crippen molar-refractivity contribution in [1.29, 1.82) is 0 Å². The number of aryl methyl sites for hydroxylation is 2. The molecule has 1 heterocycles. The largest absolute Gasteiger partial charge is 0.272 e. The Kier molecular flexibility index (Phi) is 7.15. The Morgan fingerprint density at radius 2 is 1.83 bits per heavy atom.